The Labute approximate surface area is 116 Å². The summed E-state index contributed by atoms with van der Waals surface area (Å²) in [6.45, 7) is 2.04. The summed E-state index contributed by atoms with van der Waals surface area (Å²) < 4.78 is 1.50. The summed E-state index contributed by atoms with van der Waals surface area (Å²) in [5, 5.41) is 4.03. The van der Waals surface area contributed by atoms with Gasteiger partial charge >= 0.3 is 0 Å². The lowest BCUT2D eigenvalue weighted by Gasteiger charge is -2.17. The first-order chi connectivity index (χ1) is 9.79. The third-order valence-corrected chi connectivity index (χ3v) is 4.26. The van der Waals surface area contributed by atoms with Crippen molar-refractivity contribution in [3.05, 3.63) is 12.7 Å². The molecule has 1 aliphatic heterocycles. The van der Waals surface area contributed by atoms with Crippen LogP contribution < -0.4 is 10.6 Å². The van der Waals surface area contributed by atoms with E-state index in [0.717, 1.165) is 24.9 Å². The number of hydrogen-bond acceptors (Lipinski definition) is 7. The van der Waals surface area contributed by atoms with Gasteiger partial charge in [0.1, 0.15) is 12.7 Å². The number of nitrogens with two attached hydrogens (primary N) is 1. The molecule has 20 heavy (non-hydrogen) atoms. The van der Waals surface area contributed by atoms with Gasteiger partial charge < -0.3 is 10.6 Å². The molecule has 2 aromatic heterocycles. The molecule has 2 fully saturated rings. The number of fused-ring (bicyclic) bond motifs is 1. The number of anilines is 2. The van der Waals surface area contributed by atoms with Crippen molar-refractivity contribution in [2.45, 2.75) is 19.3 Å². The molecule has 4 rings (SSSR count). The van der Waals surface area contributed by atoms with E-state index in [4.69, 9.17) is 5.73 Å². The molecule has 2 aliphatic rings. The highest BCUT2D eigenvalue weighted by Crippen LogP contribution is 2.38. The predicted octanol–water partition coefficient (Wildman–Crippen LogP) is 0.271. The lowest BCUT2D eigenvalue weighted by Crippen LogP contribution is -2.24. The number of rotatable bonds is 2. The average molecular weight is 272 g/mol. The molecule has 1 aliphatic carbocycles. The first-order valence-electron chi connectivity index (χ1n) is 6.91. The SMILES string of the molecule is Nc1nc(N2CC3CCCC3C2)nc(-n2cncn2)n1. The smallest absolute Gasteiger partial charge is 0.258 e. The van der Waals surface area contributed by atoms with Gasteiger partial charge in [0.15, 0.2) is 0 Å². The zero-order chi connectivity index (χ0) is 13.5. The Hall–Kier alpha value is -2.25. The summed E-state index contributed by atoms with van der Waals surface area (Å²) in [6, 6.07) is 0. The topological polar surface area (TPSA) is 98.6 Å². The van der Waals surface area contributed by atoms with Crippen LogP contribution in [-0.2, 0) is 0 Å². The molecule has 2 aromatic rings. The highest BCUT2D eigenvalue weighted by atomic mass is 15.4. The Bertz CT molecular complexity index is 598. The van der Waals surface area contributed by atoms with Gasteiger partial charge in [-0.05, 0) is 24.7 Å². The van der Waals surface area contributed by atoms with E-state index in [9.17, 15) is 0 Å². The maximum atomic E-state index is 5.80. The maximum absolute atomic E-state index is 5.80. The van der Waals surface area contributed by atoms with Crippen LogP contribution in [0.5, 0.6) is 0 Å². The number of nitrogen functional groups attached to an aromatic ring is 1. The molecule has 2 atom stereocenters. The van der Waals surface area contributed by atoms with Crippen molar-refractivity contribution in [3.63, 3.8) is 0 Å². The Morgan fingerprint density at radius 2 is 1.80 bits per heavy atom. The molecular weight excluding hydrogens is 256 g/mol. The summed E-state index contributed by atoms with van der Waals surface area (Å²) in [4.78, 5) is 19.0. The van der Waals surface area contributed by atoms with Crippen molar-refractivity contribution in [1.82, 2.24) is 29.7 Å². The first kappa shape index (κ1) is 11.6. The van der Waals surface area contributed by atoms with Crippen molar-refractivity contribution in [2.75, 3.05) is 23.7 Å². The van der Waals surface area contributed by atoms with Crippen molar-refractivity contribution >= 4 is 11.9 Å². The maximum Gasteiger partial charge on any atom is 0.258 e. The quantitative estimate of drug-likeness (QED) is 0.837. The molecule has 0 bridgehead atoms. The fourth-order valence-corrected chi connectivity index (χ4v) is 3.32. The van der Waals surface area contributed by atoms with E-state index in [1.54, 1.807) is 6.33 Å². The molecule has 0 radical (unpaired) electrons. The van der Waals surface area contributed by atoms with E-state index >= 15 is 0 Å². The van der Waals surface area contributed by atoms with Gasteiger partial charge in [-0.25, -0.2) is 4.98 Å². The summed E-state index contributed by atoms with van der Waals surface area (Å²) in [5.41, 5.74) is 5.80. The molecule has 0 aromatic carbocycles. The van der Waals surface area contributed by atoms with E-state index in [0.29, 0.717) is 11.9 Å². The fraction of sp³-hybridized carbons (Fsp3) is 0.583. The van der Waals surface area contributed by atoms with Crippen LogP contribution in [0.15, 0.2) is 12.7 Å². The monoisotopic (exact) mass is 272 g/mol. The number of hydrogen-bond donors (Lipinski definition) is 1. The highest BCUT2D eigenvalue weighted by molar-refractivity contribution is 5.39. The third-order valence-electron chi connectivity index (χ3n) is 4.26. The molecule has 104 valence electrons. The zero-order valence-electron chi connectivity index (χ0n) is 11.1. The Kier molecular flexibility index (Phi) is 2.54. The van der Waals surface area contributed by atoms with Gasteiger partial charge in [-0.3, -0.25) is 0 Å². The molecule has 8 nitrogen and oxygen atoms in total. The summed E-state index contributed by atoms with van der Waals surface area (Å²) in [6.07, 6.45) is 6.99. The van der Waals surface area contributed by atoms with Gasteiger partial charge in [0.2, 0.25) is 11.9 Å². The van der Waals surface area contributed by atoms with Crippen molar-refractivity contribution in [2.24, 2.45) is 11.8 Å². The lowest BCUT2D eigenvalue weighted by molar-refractivity contribution is 0.494. The Morgan fingerprint density at radius 1 is 1.05 bits per heavy atom. The second kappa shape index (κ2) is 4.39. The standard InChI is InChI=1S/C12H16N8/c13-10-16-11(18-12(17-10)20-7-14-6-15-20)19-4-8-2-1-3-9(8)5-19/h6-9H,1-5H2,(H2,13,16,17,18). The normalized spacial score (nSPS) is 25.1. The molecule has 3 heterocycles. The number of aromatic nitrogens is 6. The van der Waals surface area contributed by atoms with Crippen LogP contribution >= 0.6 is 0 Å². The van der Waals surface area contributed by atoms with Crippen LogP contribution in [0.4, 0.5) is 11.9 Å². The van der Waals surface area contributed by atoms with E-state index in [-0.39, 0.29) is 5.95 Å². The van der Waals surface area contributed by atoms with Crippen LogP contribution in [0.25, 0.3) is 5.95 Å². The molecule has 2 N–H and O–H groups in total. The third kappa shape index (κ3) is 1.87. The van der Waals surface area contributed by atoms with Crippen molar-refractivity contribution < 1.29 is 0 Å². The van der Waals surface area contributed by atoms with E-state index in [2.05, 4.69) is 29.9 Å². The van der Waals surface area contributed by atoms with Gasteiger partial charge in [-0.2, -0.15) is 24.7 Å². The van der Waals surface area contributed by atoms with Crippen LogP contribution in [0.2, 0.25) is 0 Å². The average Bonchev–Trinajstić information content (AvgIpc) is 3.14. The molecule has 1 saturated carbocycles. The zero-order valence-corrected chi connectivity index (χ0v) is 11.1. The minimum Gasteiger partial charge on any atom is -0.368 e. The summed E-state index contributed by atoms with van der Waals surface area (Å²) in [7, 11) is 0. The molecule has 8 heteroatoms. The van der Waals surface area contributed by atoms with Crippen molar-refractivity contribution in [3.8, 4) is 5.95 Å². The second-order valence-electron chi connectivity index (χ2n) is 5.49. The van der Waals surface area contributed by atoms with Gasteiger partial charge in [0.05, 0.1) is 0 Å². The van der Waals surface area contributed by atoms with Crippen LogP contribution in [0.1, 0.15) is 19.3 Å². The Balaban J connectivity index is 1.65. The van der Waals surface area contributed by atoms with Crippen molar-refractivity contribution in [1.29, 1.82) is 0 Å². The molecule has 1 saturated heterocycles. The predicted molar refractivity (Wildman–Crippen MR) is 72.2 cm³/mol. The first-order valence-corrected chi connectivity index (χ1v) is 6.91. The van der Waals surface area contributed by atoms with E-state index < -0.39 is 0 Å². The molecule has 0 spiro atoms. The van der Waals surface area contributed by atoms with Crippen LogP contribution in [-0.4, -0.2) is 42.8 Å². The second-order valence-corrected chi connectivity index (χ2v) is 5.49. The minimum absolute atomic E-state index is 0.220. The van der Waals surface area contributed by atoms with E-state index in [1.165, 1.54) is 30.3 Å². The minimum atomic E-state index is 0.220. The molecule has 2 unspecified atom stereocenters. The summed E-state index contributed by atoms with van der Waals surface area (Å²) in [5.74, 6) is 2.85. The van der Waals surface area contributed by atoms with Gasteiger partial charge in [-0.1, -0.05) is 6.42 Å². The largest absolute Gasteiger partial charge is 0.368 e. The number of nitrogens with zero attached hydrogens (tertiary/aromatic N) is 7. The van der Waals surface area contributed by atoms with Gasteiger partial charge in [-0.15, -0.1) is 0 Å². The summed E-state index contributed by atoms with van der Waals surface area (Å²) >= 11 is 0. The molecular formula is C12H16N8. The highest BCUT2D eigenvalue weighted by Gasteiger charge is 2.37. The molecule has 0 amide bonds. The van der Waals surface area contributed by atoms with Gasteiger partial charge in [0.25, 0.3) is 5.95 Å². The Morgan fingerprint density at radius 3 is 2.50 bits per heavy atom. The van der Waals surface area contributed by atoms with E-state index in [1.807, 2.05) is 0 Å². The van der Waals surface area contributed by atoms with Crippen LogP contribution in [0.3, 0.4) is 0 Å². The fourth-order valence-electron chi connectivity index (χ4n) is 3.32. The van der Waals surface area contributed by atoms with Gasteiger partial charge in [0, 0.05) is 13.1 Å². The lowest BCUT2D eigenvalue weighted by atomic mass is 10.0. The van der Waals surface area contributed by atoms with Crippen LogP contribution in [0, 0.1) is 11.8 Å².